The zero-order valence-electron chi connectivity index (χ0n) is 13.2. The number of rotatable bonds is 4. The van der Waals surface area contributed by atoms with E-state index >= 15 is 0 Å². The van der Waals surface area contributed by atoms with Crippen molar-refractivity contribution < 1.29 is 0 Å². The van der Waals surface area contributed by atoms with Gasteiger partial charge in [0.15, 0.2) is 0 Å². The predicted molar refractivity (Wildman–Crippen MR) is 83.5 cm³/mol. The monoisotopic (exact) mass is 262 g/mol. The summed E-state index contributed by atoms with van der Waals surface area (Å²) in [5.74, 6) is 2.15. The van der Waals surface area contributed by atoms with Crippen LogP contribution in [0.2, 0.25) is 0 Å². The Hall–Kier alpha value is -0.630. The van der Waals surface area contributed by atoms with E-state index in [-0.39, 0.29) is 0 Å². The average Bonchev–Trinajstić information content (AvgIpc) is 2.38. The molecule has 108 valence electrons. The summed E-state index contributed by atoms with van der Waals surface area (Å²) in [5, 5.41) is 0. The van der Waals surface area contributed by atoms with Gasteiger partial charge >= 0.3 is 0 Å². The number of hydrogen-bond donors (Lipinski definition) is 0. The molecule has 2 rings (SSSR count). The van der Waals surface area contributed by atoms with Gasteiger partial charge in [-0.3, -0.25) is 9.89 Å². The maximum Gasteiger partial charge on any atom is 0.109 e. The van der Waals surface area contributed by atoms with Gasteiger partial charge in [-0.15, -0.1) is 0 Å². The maximum absolute atomic E-state index is 4.83. The van der Waals surface area contributed by atoms with Crippen LogP contribution in [0.5, 0.6) is 0 Å². The summed E-state index contributed by atoms with van der Waals surface area (Å²) in [4.78, 5) is 7.50. The molecule has 2 nitrogen and oxygen atoms in total. The molecule has 2 aliphatic rings. The van der Waals surface area contributed by atoms with Crippen molar-refractivity contribution in [3.63, 3.8) is 0 Å². The smallest absolute Gasteiger partial charge is 0.109 e. The van der Waals surface area contributed by atoms with Crippen LogP contribution in [0.1, 0.15) is 53.9 Å². The average molecular weight is 262 g/mol. The zero-order valence-corrected chi connectivity index (χ0v) is 13.2. The summed E-state index contributed by atoms with van der Waals surface area (Å²) in [6.45, 7) is 11.7. The van der Waals surface area contributed by atoms with E-state index in [0.717, 1.165) is 5.92 Å². The highest BCUT2D eigenvalue weighted by Crippen LogP contribution is 2.41. The number of dihydropyridines is 1. The third-order valence-electron chi connectivity index (χ3n) is 4.80. The summed E-state index contributed by atoms with van der Waals surface area (Å²) in [5.41, 5.74) is 0. The van der Waals surface area contributed by atoms with Crippen LogP contribution in [0.15, 0.2) is 17.1 Å². The highest BCUT2D eigenvalue weighted by Gasteiger charge is 2.43. The molecule has 0 bridgehead atoms. The normalized spacial score (nSPS) is 35.1. The van der Waals surface area contributed by atoms with Crippen molar-refractivity contribution in [1.29, 1.82) is 0 Å². The molecule has 1 fully saturated rings. The fraction of sp³-hybridized carbons (Fsp3) is 0.824. The Morgan fingerprint density at radius 2 is 2.00 bits per heavy atom. The summed E-state index contributed by atoms with van der Waals surface area (Å²) < 4.78 is 0. The van der Waals surface area contributed by atoms with Gasteiger partial charge in [0.1, 0.15) is 6.17 Å². The van der Waals surface area contributed by atoms with E-state index in [1.807, 2.05) is 6.21 Å². The third kappa shape index (κ3) is 2.94. The highest BCUT2D eigenvalue weighted by atomic mass is 15.3. The second-order valence-electron chi connectivity index (χ2n) is 6.81. The lowest BCUT2D eigenvalue weighted by Crippen LogP contribution is -2.57. The first kappa shape index (κ1) is 14.8. The molecular formula is C17H30N2. The number of likely N-dealkylation sites (tertiary alicyclic amines) is 1. The van der Waals surface area contributed by atoms with Crippen LogP contribution in [0, 0.1) is 17.8 Å². The van der Waals surface area contributed by atoms with Gasteiger partial charge in [0, 0.05) is 24.2 Å². The molecule has 0 aromatic carbocycles. The van der Waals surface area contributed by atoms with E-state index in [1.165, 1.54) is 19.3 Å². The first-order valence-electron chi connectivity index (χ1n) is 8.03. The minimum absolute atomic E-state index is 0.377. The van der Waals surface area contributed by atoms with Crippen LogP contribution in [-0.4, -0.2) is 29.4 Å². The molecule has 0 aromatic heterocycles. The lowest BCUT2D eigenvalue weighted by Gasteiger charge is -2.51. The third-order valence-corrected chi connectivity index (χ3v) is 4.80. The Morgan fingerprint density at radius 3 is 2.58 bits per heavy atom. The van der Waals surface area contributed by atoms with Crippen molar-refractivity contribution in [2.75, 3.05) is 0 Å². The Kier molecular flexibility index (Phi) is 4.83. The van der Waals surface area contributed by atoms with Crippen molar-refractivity contribution in [3.05, 3.63) is 12.2 Å². The van der Waals surface area contributed by atoms with E-state index < -0.39 is 0 Å². The molecule has 4 unspecified atom stereocenters. The van der Waals surface area contributed by atoms with Crippen LogP contribution in [0.25, 0.3) is 0 Å². The second-order valence-corrected chi connectivity index (χ2v) is 6.81. The van der Waals surface area contributed by atoms with Crippen LogP contribution in [0.3, 0.4) is 0 Å². The molecule has 0 aliphatic carbocycles. The maximum atomic E-state index is 4.83. The predicted octanol–water partition coefficient (Wildman–Crippen LogP) is 4.12. The van der Waals surface area contributed by atoms with Crippen molar-refractivity contribution in [2.24, 2.45) is 22.7 Å². The molecule has 2 heterocycles. The molecule has 2 aliphatic heterocycles. The van der Waals surface area contributed by atoms with Crippen LogP contribution in [-0.2, 0) is 0 Å². The van der Waals surface area contributed by atoms with Gasteiger partial charge in [0.2, 0.25) is 0 Å². The van der Waals surface area contributed by atoms with Gasteiger partial charge in [-0.25, -0.2) is 0 Å². The minimum Gasteiger partial charge on any atom is -0.276 e. The first-order valence-corrected chi connectivity index (χ1v) is 8.03. The minimum atomic E-state index is 0.377. The second kappa shape index (κ2) is 6.21. The fourth-order valence-electron chi connectivity index (χ4n) is 3.96. The lowest BCUT2D eigenvalue weighted by atomic mass is 9.73. The van der Waals surface area contributed by atoms with Crippen LogP contribution >= 0.6 is 0 Å². The number of piperidine rings is 1. The number of allylic oxidation sites excluding steroid dienone is 1. The van der Waals surface area contributed by atoms with Gasteiger partial charge < -0.3 is 0 Å². The fourth-order valence-corrected chi connectivity index (χ4v) is 3.96. The number of fused-ring (bicyclic) bond motifs is 1. The number of aliphatic imine (C=N–C) groups is 1. The van der Waals surface area contributed by atoms with Crippen LogP contribution < -0.4 is 0 Å². The summed E-state index contributed by atoms with van der Waals surface area (Å²) >= 11 is 0. The largest absolute Gasteiger partial charge is 0.276 e. The van der Waals surface area contributed by atoms with Gasteiger partial charge in [-0.2, -0.15) is 0 Å². The number of nitrogens with zero attached hydrogens (tertiary/aromatic N) is 2. The standard InChI is InChI=1S/C17H30N2/c1-6-8-14-11-16(12(2)3)19(13(4)5)17-15(14)9-7-10-18-17/h7,9-10,12-17H,6,8,11H2,1-5H3. The van der Waals surface area contributed by atoms with E-state index in [9.17, 15) is 0 Å². The molecule has 1 saturated heterocycles. The SMILES string of the molecule is CCCC1CC(C(C)C)N(C(C)C)C2N=CC=CC12. The quantitative estimate of drug-likeness (QED) is 0.744. The van der Waals surface area contributed by atoms with E-state index in [0.29, 0.717) is 30.1 Å². The topological polar surface area (TPSA) is 15.6 Å². The molecule has 4 atom stereocenters. The Morgan fingerprint density at radius 1 is 1.26 bits per heavy atom. The van der Waals surface area contributed by atoms with Crippen molar-refractivity contribution in [1.82, 2.24) is 4.90 Å². The van der Waals surface area contributed by atoms with Crippen molar-refractivity contribution in [2.45, 2.75) is 72.1 Å². The first-order chi connectivity index (χ1) is 9.06. The van der Waals surface area contributed by atoms with Gasteiger partial charge in [-0.05, 0) is 44.6 Å². The van der Waals surface area contributed by atoms with Gasteiger partial charge in [0.25, 0.3) is 0 Å². The van der Waals surface area contributed by atoms with E-state index in [1.54, 1.807) is 0 Å². The molecular weight excluding hydrogens is 232 g/mol. The van der Waals surface area contributed by atoms with Gasteiger partial charge in [0.05, 0.1) is 0 Å². The molecule has 0 aromatic rings. The summed E-state index contributed by atoms with van der Waals surface area (Å²) in [7, 11) is 0. The van der Waals surface area contributed by atoms with Crippen LogP contribution in [0.4, 0.5) is 0 Å². The summed E-state index contributed by atoms with van der Waals surface area (Å²) in [6, 6.07) is 1.26. The Labute approximate surface area is 119 Å². The van der Waals surface area contributed by atoms with Crippen molar-refractivity contribution in [3.8, 4) is 0 Å². The zero-order chi connectivity index (χ0) is 14.0. The summed E-state index contributed by atoms with van der Waals surface area (Å²) in [6.07, 6.45) is 10.9. The molecule has 19 heavy (non-hydrogen) atoms. The lowest BCUT2D eigenvalue weighted by molar-refractivity contribution is -0.0224. The molecule has 0 saturated carbocycles. The van der Waals surface area contributed by atoms with E-state index in [4.69, 9.17) is 4.99 Å². The molecule has 0 radical (unpaired) electrons. The Balaban J connectivity index is 2.28. The van der Waals surface area contributed by atoms with Crippen molar-refractivity contribution >= 4 is 6.21 Å². The van der Waals surface area contributed by atoms with E-state index in [2.05, 4.69) is 51.7 Å². The molecule has 0 amide bonds. The molecule has 2 heteroatoms. The van der Waals surface area contributed by atoms with Gasteiger partial charge in [-0.1, -0.05) is 33.3 Å². The molecule has 0 N–H and O–H groups in total. The Bertz CT molecular complexity index is 343. The number of hydrogen-bond acceptors (Lipinski definition) is 2. The highest BCUT2D eigenvalue weighted by molar-refractivity contribution is 5.72. The molecule has 0 spiro atoms.